The summed E-state index contributed by atoms with van der Waals surface area (Å²) in [7, 11) is -0.820. The first kappa shape index (κ1) is 22.4. The first-order chi connectivity index (χ1) is 14.7. The fourth-order valence-electron chi connectivity index (χ4n) is 3.19. The van der Waals surface area contributed by atoms with Gasteiger partial charge in [-0.15, -0.1) is 0 Å². The molecular formula is C24H26N2O4S. The molecule has 6 nitrogen and oxygen atoms in total. The maximum absolute atomic E-state index is 13.7. The van der Waals surface area contributed by atoms with Crippen molar-refractivity contribution in [2.24, 2.45) is 0 Å². The van der Waals surface area contributed by atoms with E-state index in [1.54, 1.807) is 62.5 Å². The van der Waals surface area contributed by atoms with Gasteiger partial charge in [-0.05, 0) is 67.4 Å². The molecule has 0 unspecified atom stereocenters. The summed E-state index contributed by atoms with van der Waals surface area (Å²) in [5.41, 5.74) is 2.52. The van der Waals surface area contributed by atoms with Crippen LogP contribution < -0.4 is 13.9 Å². The van der Waals surface area contributed by atoms with Gasteiger partial charge in [0, 0.05) is 12.7 Å². The standard InChI is InChI=1S/C24H26N2O4S/c1-18-10-11-19(2)23(16-18)31(28,29)26(21-12-14-22(30-4)15-13-21)17-24(27)25(3)20-8-6-5-7-9-20/h5-16H,17H2,1-4H3. The number of carbonyl (C=O) groups is 1. The van der Waals surface area contributed by atoms with E-state index in [1.807, 2.05) is 31.2 Å². The molecule has 0 aliphatic carbocycles. The van der Waals surface area contributed by atoms with E-state index in [0.29, 0.717) is 22.7 Å². The van der Waals surface area contributed by atoms with E-state index < -0.39 is 10.0 Å². The summed E-state index contributed by atoms with van der Waals surface area (Å²) >= 11 is 0. The molecule has 0 heterocycles. The number of nitrogens with zero attached hydrogens (tertiary/aromatic N) is 2. The lowest BCUT2D eigenvalue weighted by Crippen LogP contribution is -2.42. The van der Waals surface area contributed by atoms with Crippen LogP contribution in [0.1, 0.15) is 11.1 Å². The second-order valence-corrected chi connectivity index (χ2v) is 9.10. The van der Waals surface area contributed by atoms with Gasteiger partial charge in [0.2, 0.25) is 5.91 Å². The summed E-state index contributed by atoms with van der Waals surface area (Å²) in [4.78, 5) is 14.7. The molecule has 3 aromatic rings. The van der Waals surface area contributed by atoms with Gasteiger partial charge in [0.05, 0.1) is 17.7 Å². The van der Waals surface area contributed by atoms with Gasteiger partial charge in [-0.3, -0.25) is 9.10 Å². The zero-order valence-corrected chi connectivity index (χ0v) is 18.9. The quantitative estimate of drug-likeness (QED) is 0.555. The molecule has 31 heavy (non-hydrogen) atoms. The topological polar surface area (TPSA) is 66.9 Å². The minimum Gasteiger partial charge on any atom is -0.497 e. The van der Waals surface area contributed by atoms with Gasteiger partial charge in [0.25, 0.3) is 10.0 Å². The van der Waals surface area contributed by atoms with Crippen LogP contribution in [0.3, 0.4) is 0 Å². The predicted molar refractivity (Wildman–Crippen MR) is 123 cm³/mol. The summed E-state index contributed by atoms with van der Waals surface area (Å²) in [5, 5.41) is 0. The SMILES string of the molecule is COc1ccc(N(CC(=O)N(C)c2ccccc2)S(=O)(=O)c2cc(C)ccc2C)cc1. The molecule has 0 aliphatic heterocycles. The molecule has 162 valence electrons. The highest BCUT2D eigenvalue weighted by Crippen LogP contribution is 2.28. The smallest absolute Gasteiger partial charge is 0.265 e. The highest BCUT2D eigenvalue weighted by atomic mass is 32.2. The molecule has 0 fully saturated rings. The molecule has 0 radical (unpaired) electrons. The van der Waals surface area contributed by atoms with E-state index in [0.717, 1.165) is 9.87 Å². The Bertz CT molecular complexity index is 1160. The third-order valence-electron chi connectivity index (χ3n) is 5.07. The van der Waals surface area contributed by atoms with Crippen molar-refractivity contribution in [3.05, 3.63) is 83.9 Å². The van der Waals surface area contributed by atoms with Crippen molar-refractivity contribution in [2.75, 3.05) is 29.9 Å². The summed E-state index contributed by atoms with van der Waals surface area (Å²) in [6.07, 6.45) is 0. The van der Waals surface area contributed by atoms with Crippen LogP contribution in [0.4, 0.5) is 11.4 Å². The summed E-state index contributed by atoms with van der Waals surface area (Å²) in [6, 6.07) is 21.0. The number of methoxy groups -OCH3 is 1. The Labute approximate surface area is 183 Å². The Morgan fingerprint density at radius 1 is 0.903 bits per heavy atom. The molecule has 0 bridgehead atoms. The van der Waals surface area contributed by atoms with E-state index in [4.69, 9.17) is 4.74 Å². The molecule has 1 amide bonds. The Balaban J connectivity index is 2.04. The van der Waals surface area contributed by atoms with Crippen molar-refractivity contribution in [3.63, 3.8) is 0 Å². The van der Waals surface area contributed by atoms with Gasteiger partial charge in [0.1, 0.15) is 12.3 Å². The van der Waals surface area contributed by atoms with Gasteiger partial charge in [-0.2, -0.15) is 0 Å². The number of benzene rings is 3. The monoisotopic (exact) mass is 438 g/mol. The van der Waals surface area contributed by atoms with Crippen LogP contribution in [0.2, 0.25) is 0 Å². The van der Waals surface area contributed by atoms with Crippen LogP contribution in [0.25, 0.3) is 0 Å². The number of hydrogen-bond donors (Lipinski definition) is 0. The number of rotatable bonds is 7. The van der Waals surface area contributed by atoms with Gasteiger partial charge in [-0.25, -0.2) is 8.42 Å². The fraction of sp³-hybridized carbons (Fsp3) is 0.208. The molecule has 0 atom stereocenters. The highest BCUT2D eigenvalue weighted by Gasteiger charge is 2.30. The molecule has 0 saturated carbocycles. The Morgan fingerprint density at radius 3 is 2.16 bits per heavy atom. The van der Waals surface area contributed by atoms with E-state index in [1.165, 1.54) is 12.0 Å². The molecular weight excluding hydrogens is 412 g/mol. The minimum atomic E-state index is -3.99. The van der Waals surface area contributed by atoms with E-state index in [9.17, 15) is 13.2 Å². The number of ether oxygens (including phenoxy) is 1. The number of aryl methyl sites for hydroxylation is 2. The molecule has 0 aromatic heterocycles. The van der Waals surface area contributed by atoms with Gasteiger partial charge in [0.15, 0.2) is 0 Å². The number of hydrogen-bond acceptors (Lipinski definition) is 4. The average Bonchev–Trinajstić information content (AvgIpc) is 2.78. The summed E-state index contributed by atoms with van der Waals surface area (Å²) in [6.45, 7) is 3.24. The highest BCUT2D eigenvalue weighted by molar-refractivity contribution is 7.93. The van der Waals surface area contributed by atoms with Gasteiger partial charge >= 0.3 is 0 Å². The second kappa shape index (κ2) is 9.22. The van der Waals surface area contributed by atoms with E-state index in [2.05, 4.69) is 0 Å². The molecule has 0 saturated heterocycles. The number of para-hydroxylation sites is 1. The third kappa shape index (κ3) is 4.88. The van der Waals surface area contributed by atoms with Crippen molar-refractivity contribution in [2.45, 2.75) is 18.7 Å². The lowest BCUT2D eigenvalue weighted by molar-refractivity contribution is -0.116. The third-order valence-corrected chi connectivity index (χ3v) is 6.98. The second-order valence-electron chi connectivity index (χ2n) is 7.27. The summed E-state index contributed by atoms with van der Waals surface area (Å²) in [5.74, 6) is 0.247. The van der Waals surface area contributed by atoms with Crippen LogP contribution in [0.15, 0.2) is 77.7 Å². The molecule has 0 spiro atoms. The van der Waals surface area contributed by atoms with Crippen molar-refractivity contribution < 1.29 is 17.9 Å². The molecule has 3 rings (SSSR count). The number of carbonyl (C=O) groups excluding carboxylic acids is 1. The van der Waals surface area contributed by atoms with Crippen LogP contribution in [0, 0.1) is 13.8 Å². The first-order valence-corrected chi connectivity index (χ1v) is 11.2. The van der Waals surface area contributed by atoms with Gasteiger partial charge in [-0.1, -0.05) is 30.3 Å². The van der Waals surface area contributed by atoms with E-state index >= 15 is 0 Å². The largest absolute Gasteiger partial charge is 0.497 e. The van der Waals surface area contributed by atoms with Crippen LogP contribution >= 0.6 is 0 Å². The van der Waals surface area contributed by atoms with Crippen molar-refractivity contribution in [1.29, 1.82) is 0 Å². The normalized spacial score (nSPS) is 11.1. The van der Waals surface area contributed by atoms with Crippen LogP contribution in [-0.4, -0.2) is 35.0 Å². The molecule has 3 aromatic carbocycles. The zero-order chi connectivity index (χ0) is 22.6. The Hall–Kier alpha value is -3.32. The average molecular weight is 439 g/mol. The fourth-order valence-corrected chi connectivity index (χ4v) is 4.92. The molecule has 7 heteroatoms. The zero-order valence-electron chi connectivity index (χ0n) is 18.1. The lowest BCUT2D eigenvalue weighted by atomic mass is 10.2. The number of likely N-dealkylation sites (N-methyl/N-ethyl adjacent to an activating group) is 1. The van der Waals surface area contributed by atoms with E-state index in [-0.39, 0.29) is 17.3 Å². The minimum absolute atomic E-state index is 0.179. The number of anilines is 2. The maximum Gasteiger partial charge on any atom is 0.265 e. The number of sulfonamides is 1. The Kier molecular flexibility index (Phi) is 6.65. The van der Waals surface area contributed by atoms with Crippen LogP contribution in [-0.2, 0) is 14.8 Å². The van der Waals surface area contributed by atoms with Gasteiger partial charge < -0.3 is 9.64 Å². The van der Waals surface area contributed by atoms with Crippen LogP contribution in [0.5, 0.6) is 5.75 Å². The molecule has 0 N–H and O–H groups in total. The molecule has 0 aliphatic rings. The van der Waals surface area contributed by atoms with Crippen molar-refractivity contribution in [1.82, 2.24) is 0 Å². The maximum atomic E-state index is 13.7. The number of amides is 1. The Morgan fingerprint density at radius 2 is 1.55 bits per heavy atom. The predicted octanol–water partition coefficient (Wildman–Crippen LogP) is 4.17. The van der Waals surface area contributed by atoms with Crippen molar-refractivity contribution in [3.8, 4) is 5.75 Å². The summed E-state index contributed by atoms with van der Waals surface area (Å²) < 4.78 is 33.7. The first-order valence-electron chi connectivity index (χ1n) is 9.79. The lowest BCUT2D eigenvalue weighted by Gasteiger charge is -2.27. The van der Waals surface area contributed by atoms with Crippen molar-refractivity contribution >= 4 is 27.3 Å².